The number of hydrogen-bond acceptors (Lipinski definition) is 3. The number of nitrogens with one attached hydrogen (secondary N) is 2. The van der Waals surface area contributed by atoms with E-state index >= 15 is 0 Å². The Hall–Kier alpha value is -3.60. The average molecular weight is 415 g/mol. The summed E-state index contributed by atoms with van der Waals surface area (Å²) in [4.78, 5) is 27.9. The third-order valence-electron chi connectivity index (χ3n) is 5.55. The Balaban J connectivity index is 1.59. The van der Waals surface area contributed by atoms with Crippen LogP contribution in [-0.4, -0.2) is 30.0 Å². The van der Waals surface area contributed by atoms with Crippen LogP contribution >= 0.6 is 0 Å². The van der Waals surface area contributed by atoms with Crippen molar-refractivity contribution in [3.05, 3.63) is 83.0 Å². The van der Waals surface area contributed by atoms with Crippen LogP contribution in [0.1, 0.15) is 34.1 Å². The van der Waals surface area contributed by atoms with Crippen LogP contribution < -0.4 is 5.32 Å². The summed E-state index contributed by atoms with van der Waals surface area (Å²) in [6, 6.07) is 20.0. The largest absolute Gasteiger partial charge is 0.461 e. The highest BCUT2D eigenvalue weighted by atomic mass is 16.5. The number of rotatable bonds is 7. The number of fused-ring (bicyclic) bond motifs is 3. The first-order valence-electron chi connectivity index (χ1n) is 10.6. The van der Waals surface area contributed by atoms with Crippen molar-refractivity contribution in [1.82, 2.24) is 10.3 Å². The highest BCUT2D eigenvalue weighted by molar-refractivity contribution is 6.13. The zero-order valence-electron chi connectivity index (χ0n) is 17.8. The number of carbonyl (C=O) groups is 2. The van der Waals surface area contributed by atoms with E-state index in [2.05, 4.69) is 28.5 Å². The molecule has 4 aromatic rings. The van der Waals surface area contributed by atoms with E-state index in [1.807, 2.05) is 49.4 Å². The Morgan fingerprint density at radius 2 is 1.77 bits per heavy atom. The van der Waals surface area contributed by atoms with Crippen LogP contribution in [0.3, 0.4) is 0 Å². The molecule has 0 spiro atoms. The zero-order valence-corrected chi connectivity index (χ0v) is 17.8. The summed E-state index contributed by atoms with van der Waals surface area (Å²) < 4.78 is 5.20. The molecule has 0 aliphatic rings. The Kier molecular flexibility index (Phi) is 6.03. The van der Waals surface area contributed by atoms with Crippen LogP contribution in [0.5, 0.6) is 0 Å². The lowest BCUT2D eigenvalue weighted by Gasteiger charge is -2.10. The average Bonchev–Trinajstić information content (AvgIpc) is 3.11. The Labute approximate surface area is 181 Å². The summed E-state index contributed by atoms with van der Waals surface area (Å²) in [5.74, 6) is -0.325. The molecule has 5 heteroatoms. The Bertz CT molecular complexity index is 1240. The van der Waals surface area contributed by atoms with E-state index in [4.69, 9.17) is 4.74 Å². The number of H-pyrrole nitrogens is 1. The maximum atomic E-state index is 12.4. The Morgan fingerprint density at radius 3 is 2.55 bits per heavy atom. The van der Waals surface area contributed by atoms with Gasteiger partial charge in [-0.15, -0.1) is 0 Å². The molecule has 31 heavy (non-hydrogen) atoms. The second-order valence-corrected chi connectivity index (χ2v) is 7.61. The van der Waals surface area contributed by atoms with Crippen molar-refractivity contribution < 1.29 is 14.3 Å². The van der Waals surface area contributed by atoms with Gasteiger partial charge < -0.3 is 15.0 Å². The summed E-state index contributed by atoms with van der Waals surface area (Å²) >= 11 is 0. The van der Waals surface area contributed by atoms with Gasteiger partial charge in [0, 0.05) is 17.4 Å². The summed E-state index contributed by atoms with van der Waals surface area (Å²) in [6.07, 6.45) is 1.08. The molecule has 0 saturated heterocycles. The fourth-order valence-electron chi connectivity index (χ4n) is 4.10. The first-order valence-corrected chi connectivity index (χ1v) is 10.6. The van der Waals surface area contributed by atoms with Crippen LogP contribution in [0.25, 0.3) is 21.7 Å². The van der Waals surface area contributed by atoms with E-state index in [0.29, 0.717) is 31.7 Å². The lowest BCUT2D eigenvalue weighted by molar-refractivity contribution is -0.120. The van der Waals surface area contributed by atoms with Crippen LogP contribution in [0.15, 0.2) is 60.7 Å². The van der Waals surface area contributed by atoms with Crippen molar-refractivity contribution in [2.24, 2.45) is 0 Å². The van der Waals surface area contributed by atoms with Crippen molar-refractivity contribution in [1.29, 1.82) is 0 Å². The smallest absolute Gasteiger partial charge is 0.355 e. The Morgan fingerprint density at radius 1 is 0.968 bits per heavy atom. The van der Waals surface area contributed by atoms with Crippen molar-refractivity contribution in [2.45, 2.75) is 26.7 Å². The zero-order chi connectivity index (χ0) is 21.8. The highest BCUT2D eigenvalue weighted by Gasteiger charge is 2.18. The van der Waals surface area contributed by atoms with Gasteiger partial charge in [0.05, 0.1) is 13.0 Å². The molecule has 158 valence electrons. The van der Waals surface area contributed by atoms with Gasteiger partial charge in [0.1, 0.15) is 5.69 Å². The van der Waals surface area contributed by atoms with Gasteiger partial charge in [-0.05, 0) is 53.8 Å². The van der Waals surface area contributed by atoms with Crippen molar-refractivity contribution >= 4 is 33.6 Å². The van der Waals surface area contributed by atoms with E-state index in [0.717, 1.165) is 38.4 Å². The SMILES string of the molecule is CCOC(=O)c1[nH]c2ccc3cccc(CCNC(=O)Cc4ccccc4)c3c2c1C. The summed E-state index contributed by atoms with van der Waals surface area (Å²) in [6.45, 7) is 4.64. The minimum Gasteiger partial charge on any atom is -0.461 e. The minimum atomic E-state index is -0.338. The van der Waals surface area contributed by atoms with E-state index in [-0.39, 0.29) is 11.9 Å². The van der Waals surface area contributed by atoms with E-state index in [9.17, 15) is 9.59 Å². The number of aryl methyl sites for hydroxylation is 1. The molecule has 0 atom stereocenters. The molecule has 0 saturated carbocycles. The third kappa shape index (κ3) is 4.31. The number of hydrogen-bond donors (Lipinski definition) is 2. The molecule has 0 aliphatic carbocycles. The lowest BCUT2D eigenvalue weighted by Crippen LogP contribution is -2.27. The van der Waals surface area contributed by atoms with Gasteiger partial charge in [0.15, 0.2) is 0 Å². The first-order chi connectivity index (χ1) is 15.1. The number of benzene rings is 3. The van der Waals surface area contributed by atoms with Gasteiger partial charge in [0.25, 0.3) is 0 Å². The molecule has 0 radical (unpaired) electrons. The summed E-state index contributed by atoms with van der Waals surface area (Å²) in [5, 5.41) is 6.28. The van der Waals surface area contributed by atoms with Gasteiger partial charge in [0.2, 0.25) is 5.91 Å². The fourth-order valence-corrected chi connectivity index (χ4v) is 4.10. The molecule has 2 N–H and O–H groups in total. The standard InChI is InChI=1S/C26H26N2O3/c1-3-31-26(30)25-17(2)23-21(28-25)13-12-19-10-7-11-20(24(19)23)14-15-27-22(29)16-18-8-5-4-6-9-18/h4-13,28H,3,14-16H2,1-2H3,(H,27,29). The third-order valence-corrected chi connectivity index (χ3v) is 5.55. The molecule has 1 heterocycles. The summed E-state index contributed by atoms with van der Waals surface area (Å²) in [7, 11) is 0. The second-order valence-electron chi connectivity index (χ2n) is 7.61. The molecular weight excluding hydrogens is 388 g/mol. The highest BCUT2D eigenvalue weighted by Crippen LogP contribution is 2.32. The molecule has 5 nitrogen and oxygen atoms in total. The molecule has 3 aromatic carbocycles. The molecule has 0 fully saturated rings. The molecule has 0 aliphatic heterocycles. The molecule has 0 bridgehead atoms. The van der Waals surface area contributed by atoms with Crippen LogP contribution in [0.4, 0.5) is 0 Å². The monoisotopic (exact) mass is 414 g/mol. The lowest BCUT2D eigenvalue weighted by atomic mass is 9.96. The van der Waals surface area contributed by atoms with Gasteiger partial charge in [-0.25, -0.2) is 4.79 Å². The minimum absolute atomic E-state index is 0.0130. The fraction of sp³-hybridized carbons (Fsp3) is 0.231. The van der Waals surface area contributed by atoms with E-state index in [1.54, 1.807) is 6.92 Å². The van der Waals surface area contributed by atoms with Gasteiger partial charge in [-0.2, -0.15) is 0 Å². The number of aromatic nitrogens is 1. The number of esters is 1. The number of ether oxygens (including phenoxy) is 1. The van der Waals surface area contributed by atoms with Gasteiger partial charge in [-0.3, -0.25) is 4.79 Å². The molecule has 0 unspecified atom stereocenters. The van der Waals surface area contributed by atoms with Crippen LogP contribution in [0.2, 0.25) is 0 Å². The predicted octanol–water partition coefficient (Wildman–Crippen LogP) is 4.71. The van der Waals surface area contributed by atoms with Crippen molar-refractivity contribution in [3.63, 3.8) is 0 Å². The topological polar surface area (TPSA) is 71.2 Å². The summed E-state index contributed by atoms with van der Waals surface area (Å²) in [5.41, 5.74) is 4.44. The van der Waals surface area contributed by atoms with Crippen LogP contribution in [0, 0.1) is 6.92 Å². The molecular formula is C26H26N2O3. The maximum Gasteiger partial charge on any atom is 0.355 e. The quantitative estimate of drug-likeness (QED) is 0.430. The molecule has 1 aromatic heterocycles. The number of carbonyl (C=O) groups excluding carboxylic acids is 2. The van der Waals surface area contributed by atoms with Crippen LogP contribution in [-0.2, 0) is 22.4 Å². The normalized spacial score (nSPS) is 11.0. The van der Waals surface area contributed by atoms with Gasteiger partial charge in [-0.1, -0.05) is 54.6 Å². The molecule has 1 amide bonds. The van der Waals surface area contributed by atoms with Crippen molar-refractivity contribution in [3.8, 4) is 0 Å². The first kappa shape index (κ1) is 20.7. The number of amides is 1. The van der Waals surface area contributed by atoms with E-state index in [1.165, 1.54) is 0 Å². The maximum absolute atomic E-state index is 12.4. The second kappa shape index (κ2) is 9.04. The number of aromatic amines is 1. The predicted molar refractivity (Wildman–Crippen MR) is 123 cm³/mol. The van der Waals surface area contributed by atoms with E-state index < -0.39 is 0 Å². The molecule has 4 rings (SSSR count). The van der Waals surface area contributed by atoms with Crippen molar-refractivity contribution in [2.75, 3.05) is 13.2 Å². The van der Waals surface area contributed by atoms with Gasteiger partial charge >= 0.3 is 5.97 Å².